The van der Waals surface area contributed by atoms with Crippen molar-refractivity contribution in [3.63, 3.8) is 0 Å². The molecule has 0 aromatic heterocycles. The second-order valence-electron chi connectivity index (χ2n) is 6.66. The fourth-order valence-corrected chi connectivity index (χ4v) is 4.94. The van der Waals surface area contributed by atoms with Gasteiger partial charge in [0, 0.05) is 11.4 Å². The number of hydrogen-bond donors (Lipinski definition) is 2. The van der Waals surface area contributed by atoms with E-state index >= 15 is 0 Å². The molecule has 0 radical (unpaired) electrons. The quantitative estimate of drug-likeness (QED) is 0.399. The summed E-state index contributed by atoms with van der Waals surface area (Å²) in [5, 5.41) is 2.91. The number of benzene rings is 3. The van der Waals surface area contributed by atoms with Gasteiger partial charge in [0.1, 0.15) is 0 Å². The van der Waals surface area contributed by atoms with E-state index in [4.69, 9.17) is 23.2 Å². The van der Waals surface area contributed by atoms with E-state index in [0.29, 0.717) is 5.69 Å². The minimum absolute atomic E-state index is 0.0352. The Morgan fingerprint density at radius 2 is 1.65 bits per heavy atom. The molecule has 9 heteroatoms. The number of thioether (sulfide) groups is 1. The lowest BCUT2D eigenvalue weighted by Crippen LogP contribution is -2.22. The third-order valence-corrected chi connectivity index (χ3v) is 7.75. The zero-order valence-electron chi connectivity index (χ0n) is 16.5. The predicted octanol–water partition coefficient (Wildman–Crippen LogP) is 6.05. The van der Waals surface area contributed by atoms with Crippen molar-refractivity contribution in [1.82, 2.24) is 0 Å². The van der Waals surface area contributed by atoms with Gasteiger partial charge in [-0.1, -0.05) is 59.6 Å². The largest absolute Gasteiger partial charge is 0.325 e. The lowest BCUT2D eigenvalue weighted by molar-refractivity contribution is -0.115. The van der Waals surface area contributed by atoms with Gasteiger partial charge in [0.2, 0.25) is 5.91 Å². The summed E-state index contributed by atoms with van der Waals surface area (Å²) in [5.74, 6) is 0.574. The first-order chi connectivity index (χ1) is 14.8. The summed E-state index contributed by atoms with van der Waals surface area (Å²) in [7, 11) is -3.86. The van der Waals surface area contributed by atoms with Gasteiger partial charge >= 0.3 is 0 Å². The Morgan fingerprint density at radius 3 is 2.32 bits per heavy atom. The maximum absolute atomic E-state index is 12.6. The average molecular weight is 495 g/mol. The molecule has 31 heavy (non-hydrogen) atoms. The van der Waals surface area contributed by atoms with Crippen LogP contribution in [0.1, 0.15) is 12.5 Å². The van der Waals surface area contributed by atoms with Crippen molar-refractivity contribution < 1.29 is 13.2 Å². The number of carbonyl (C=O) groups is 1. The molecule has 3 aromatic rings. The molecule has 1 atom stereocenters. The smallest absolute Gasteiger partial charge is 0.261 e. The van der Waals surface area contributed by atoms with Gasteiger partial charge in [0.15, 0.2) is 0 Å². The van der Waals surface area contributed by atoms with Crippen LogP contribution < -0.4 is 10.0 Å². The lowest BCUT2D eigenvalue weighted by Gasteiger charge is -2.13. The van der Waals surface area contributed by atoms with Gasteiger partial charge in [0.25, 0.3) is 10.0 Å². The summed E-state index contributed by atoms with van der Waals surface area (Å²) >= 11 is 13.5. The lowest BCUT2D eigenvalue weighted by atomic mass is 10.2. The molecule has 3 rings (SSSR count). The van der Waals surface area contributed by atoms with Crippen LogP contribution >= 0.6 is 35.0 Å². The molecule has 0 heterocycles. The molecule has 0 unspecified atom stereocenters. The Kier molecular flexibility index (Phi) is 7.89. The number of amides is 1. The molecular formula is C22H20Cl2N2O3S2. The summed E-state index contributed by atoms with van der Waals surface area (Å²) in [6, 6.07) is 20.5. The van der Waals surface area contributed by atoms with Gasteiger partial charge in [-0.3, -0.25) is 9.52 Å². The molecule has 0 bridgehead atoms. The maximum Gasteiger partial charge on any atom is 0.261 e. The van der Waals surface area contributed by atoms with Crippen molar-refractivity contribution in [2.75, 3.05) is 10.0 Å². The van der Waals surface area contributed by atoms with E-state index in [1.165, 1.54) is 30.0 Å². The van der Waals surface area contributed by atoms with Crippen LogP contribution in [0.2, 0.25) is 10.0 Å². The highest BCUT2D eigenvalue weighted by atomic mass is 35.5. The molecule has 0 aliphatic carbocycles. The first-order valence-electron chi connectivity index (χ1n) is 9.29. The molecule has 162 valence electrons. The second-order valence-corrected chi connectivity index (χ2v) is 10.5. The molecule has 0 saturated carbocycles. The number of anilines is 2. The van der Waals surface area contributed by atoms with Crippen molar-refractivity contribution in [3.8, 4) is 0 Å². The summed E-state index contributed by atoms with van der Waals surface area (Å²) < 4.78 is 27.7. The molecule has 2 N–H and O–H groups in total. The minimum Gasteiger partial charge on any atom is -0.325 e. The van der Waals surface area contributed by atoms with Crippen LogP contribution in [0.5, 0.6) is 0 Å². The van der Waals surface area contributed by atoms with Gasteiger partial charge in [-0.05, 0) is 48.9 Å². The van der Waals surface area contributed by atoms with Gasteiger partial charge in [-0.25, -0.2) is 8.42 Å². The minimum atomic E-state index is -3.86. The SMILES string of the molecule is C[C@H](SCc1ccccc1)C(=O)Nc1ccc(S(=O)(=O)Nc2cccc(Cl)c2Cl)cc1. The Balaban J connectivity index is 1.61. The van der Waals surface area contributed by atoms with Crippen LogP contribution in [0, 0.1) is 0 Å². The number of halogens is 2. The molecule has 5 nitrogen and oxygen atoms in total. The summed E-state index contributed by atoms with van der Waals surface area (Å²) in [6.45, 7) is 1.83. The van der Waals surface area contributed by atoms with Crippen molar-refractivity contribution in [1.29, 1.82) is 0 Å². The highest BCUT2D eigenvalue weighted by molar-refractivity contribution is 7.99. The fourth-order valence-electron chi connectivity index (χ4n) is 2.62. The van der Waals surface area contributed by atoms with E-state index in [0.717, 1.165) is 11.3 Å². The number of carbonyl (C=O) groups excluding carboxylic acids is 1. The van der Waals surface area contributed by atoms with Crippen molar-refractivity contribution in [2.45, 2.75) is 22.8 Å². The molecule has 0 saturated heterocycles. The second kappa shape index (κ2) is 10.4. The van der Waals surface area contributed by atoms with Gasteiger partial charge in [-0.2, -0.15) is 0 Å². The molecule has 0 aliphatic heterocycles. The number of rotatable bonds is 8. The number of sulfonamides is 1. The maximum atomic E-state index is 12.6. The summed E-state index contributed by atoms with van der Waals surface area (Å²) in [5.41, 5.74) is 1.85. The third kappa shape index (κ3) is 6.40. The normalized spacial score (nSPS) is 12.2. The molecule has 0 fully saturated rings. The molecule has 0 aliphatic rings. The monoisotopic (exact) mass is 494 g/mol. The van der Waals surface area contributed by atoms with Gasteiger partial charge in [-0.15, -0.1) is 11.8 Å². The first-order valence-corrected chi connectivity index (χ1v) is 12.6. The van der Waals surface area contributed by atoms with E-state index in [2.05, 4.69) is 10.0 Å². The zero-order chi connectivity index (χ0) is 22.4. The first kappa shape index (κ1) is 23.5. The summed E-state index contributed by atoms with van der Waals surface area (Å²) in [6.07, 6.45) is 0. The standard InChI is InChI=1S/C22H20Cl2N2O3S2/c1-15(30-14-16-6-3-2-4-7-16)22(27)25-17-10-12-18(13-11-17)31(28,29)26-20-9-5-8-19(23)21(20)24/h2-13,15,26H,14H2,1H3,(H,25,27)/t15-/m0/s1. The van der Waals surface area contributed by atoms with Crippen LogP contribution in [0.15, 0.2) is 77.7 Å². The van der Waals surface area contributed by atoms with Crippen LogP contribution in [-0.4, -0.2) is 19.6 Å². The molecular weight excluding hydrogens is 475 g/mol. The van der Waals surface area contributed by atoms with E-state index in [1.807, 2.05) is 37.3 Å². The summed E-state index contributed by atoms with van der Waals surface area (Å²) in [4.78, 5) is 12.5. The van der Waals surface area contributed by atoms with Gasteiger partial charge < -0.3 is 5.32 Å². The Bertz CT molecular complexity index is 1160. The highest BCUT2D eigenvalue weighted by Crippen LogP contribution is 2.31. The van der Waals surface area contributed by atoms with Crippen molar-refractivity contribution >= 4 is 62.3 Å². The van der Waals surface area contributed by atoms with Crippen molar-refractivity contribution in [2.24, 2.45) is 0 Å². The fraction of sp³-hybridized carbons (Fsp3) is 0.136. The Labute approximate surface area is 196 Å². The number of hydrogen-bond acceptors (Lipinski definition) is 4. The predicted molar refractivity (Wildman–Crippen MR) is 130 cm³/mol. The van der Waals surface area contributed by atoms with E-state index < -0.39 is 10.0 Å². The van der Waals surface area contributed by atoms with Crippen molar-refractivity contribution in [3.05, 3.63) is 88.4 Å². The van der Waals surface area contributed by atoms with E-state index in [1.54, 1.807) is 24.3 Å². The average Bonchev–Trinajstić information content (AvgIpc) is 2.76. The Morgan fingerprint density at radius 1 is 0.968 bits per heavy atom. The van der Waals surface area contributed by atoms with Gasteiger partial charge in [0.05, 0.1) is 25.9 Å². The molecule has 3 aromatic carbocycles. The molecule has 1 amide bonds. The van der Waals surface area contributed by atoms with E-state index in [-0.39, 0.29) is 31.8 Å². The third-order valence-electron chi connectivity index (χ3n) is 4.34. The van der Waals surface area contributed by atoms with Crippen LogP contribution in [0.4, 0.5) is 11.4 Å². The molecule has 0 spiro atoms. The topological polar surface area (TPSA) is 75.3 Å². The Hall–Kier alpha value is -2.19. The van der Waals surface area contributed by atoms with Crippen LogP contribution in [0.3, 0.4) is 0 Å². The van der Waals surface area contributed by atoms with Crippen LogP contribution in [-0.2, 0) is 20.6 Å². The van der Waals surface area contributed by atoms with E-state index in [9.17, 15) is 13.2 Å². The van der Waals surface area contributed by atoms with Crippen LogP contribution in [0.25, 0.3) is 0 Å². The highest BCUT2D eigenvalue weighted by Gasteiger charge is 2.18. The zero-order valence-corrected chi connectivity index (χ0v) is 19.7. The number of nitrogens with one attached hydrogen (secondary N) is 2.